The molecular formula is C7H8N2S2. The first-order valence-electron chi connectivity index (χ1n) is 3.44. The van der Waals surface area contributed by atoms with Gasteiger partial charge in [0.2, 0.25) is 0 Å². The minimum atomic E-state index is 0.391. The minimum Gasteiger partial charge on any atom is -0.360 e. The van der Waals surface area contributed by atoms with Gasteiger partial charge in [-0.05, 0) is 23.7 Å². The first-order chi connectivity index (χ1) is 5.36. The van der Waals surface area contributed by atoms with Gasteiger partial charge in [0.15, 0.2) is 5.11 Å². The van der Waals surface area contributed by atoms with Crippen molar-refractivity contribution < 1.29 is 0 Å². The molecule has 0 bridgehead atoms. The van der Waals surface area contributed by atoms with E-state index in [1.165, 1.54) is 4.88 Å². The molecular weight excluding hydrogens is 176 g/mol. The highest BCUT2D eigenvalue weighted by molar-refractivity contribution is 7.80. The second-order valence-electron chi connectivity index (χ2n) is 2.42. The van der Waals surface area contributed by atoms with Crippen LogP contribution in [0.4, 0.5) is 0 Å². The lowest BCUT2D eigenvalue weighted by molar-refractivity contribution is 0.721. The summed E-state index contributed by atoms with van der Waals surface area (Å²) < 4.78 is 0. The highest BCUT2D eigenvalue weighted by atomic mass is 32.1. The van der Waals surface area contributed by atoms with Crippen LogP contribution in [0.1, 0.15) is 10.9 Å². The molecule has 1 aromatic heterocycles. The fraction of sp³-hybridized carbons (Fsp3) is 0.286. The largest absolute Gasteiger partial charge is 0.360 e. The van der Waals surface area contributed by atoms with Crippen molar-refractivity contribution >= 4 is 28.7 Å². The summed E-state index contributed by atoms with van der Waals surface area (Å²) in [5.41, 5.74) is 0. The molecule has 0 spiro atoms. The van der Waals surface area contributed by atoms with Crippen LogP contribution in [0.2, 0.25) is 0 Å². The molecule has 0 aromatic carbocycles. The van der Waals surface area contributed by atoms with Crippen molar-refractivity contribution in [3.05, 3.63) is 22.4 Å². The van der Waals surface area contributed by atoms with Crippen molar-refractivity contribution in [1.82, 2.24) is 10.6 Å². The predicted octanol–water partition coefficient (Wildman–Crippen LogP) is 1.27. The van der Waals surface area contributed by atoms with E-state index >= 15 is 0 Å². The number of rotatable bonds is 1. The van der Waals surface area contributed by atoms with Gasteiger partial charge in [-0.3, -0.25) is 0 Å². The summed E-state index contributed by atoms with van der Waals surface area (Å²) >= 11 is 6.71. The number of hydrogen-bond donors (Lipinski definition) is 2. The molecule has 11 heavy (non-hydrogen) atoms. The van der Waals surface area contributed by atoms with Crippen molar-refractivity contribution in [1.29, 1.82) is 0 Å². The summed E-state index contributed by atoms with van der Waals surface area (Å²) in [6.45, 7) is 0.916. The molecule has 4 heteroatoms. The molecule has 2 heterocycles. The summed E-state index contributed by atoms with van der Waals surface area (Å²) in [5.74, 6) is 0. The molecule has 1 unspecified atom stereocenters. The first-order valence-corrected chi connectivity index (χ1v) is 4.73. The number of thiocarbonyl (C=S) groups is 1. The lowest BCUT2D eigenvalue weighted by Crippen LogP contribution is -2.21. The Morgan fingerprint density at radius 2 is 2.55 bits per heavy atom. The highest BCUT2D eigenvalue weighted by Crippen LogP contribution is 2.19. The average molecular weight is 184 g/mol. The van der Waals surface area contributed by atoms with Crippen LogP contribution < -0.4 is 10.6 Å². The van der Waals surface area contributed by atoms with Gasteiger partial charge in [0.1, 0.15) is 0 Å². The molecule has 2 nitrogen and oxygen atoms in total. The van der Waals surface area contributed by atoms with Crippen molar-refractivity contribution in [3.63, 3.8) is 0 Å². The Morgan fingerprint density at radius 3 is 3.09 bits per heavy atom. The summed E-state index contributed by atoms with van der Waals surface area (Å²) in [6.07, 6.45) is 0. The second kappa shape index (κ2) is 2.79. The Kier molecular flexibility index (Phi) is 1.79. The molecule has 1 saturated heterocycles. The Labute approximate surface area is 74.6 Å². The quantitative estimate of drug-likeness (QED) is 0.643. The van der Waals surface area contributed by atoms with E-state index < -0.39 is 0 Å². The maximum absolute atomic E-state index is 4.95. The first kappa shape index (κ1) is 7.06. The van der Waals surface area contributed by atoms with Gasteiger partial charge in [-0.2, -0.15) is 0 Å². The van der Waals surface area contributed by atoms with E-state index in [4.69, 9.17) is 12.2 Å². The third kappa shape index (κ3) is 1.36. The topological polar surface area (TPSA) is 24.1 Å². The molecule has 2 N–H and O–H groups in total. The SMILES string of the molecule is S=C1NCC(c2cccs2)N1. The normalized spacial score (nSPS) is 22.9. The number of nitrogens with one attached hydrogen (secondary N) is 2. The lowest BCUT2D eigenvalue weighted by Gasteiger charge is -2.04. The van der Waals surface area contributed by atoms with Crippen LogP contribution in [0, 0.1) is 0 Å². The van der Waals surface area contributed by atoms with E-state index in [2.05, 4.69) is 28.1 Å². The fourth-order valence-corrected chi connectivity index (χ4v) is 2.12. The van der Waals surface area contributed by atoms with E-state index in [0.717, 1.165) is 11.7 Å². The molecule has 1 aliphatic heterocycles. The summed E-state index contributed by atoms with van der Waals surface area (Å²) in [5, 5.41) is 9.12. The van der Waals surface area contributed by atoms with Gasteiger partial charge in [-0.1, -0.05) is 6.07 Å². The molecule has 1 aromatic rings. The number of hydrogen-bond acceptors (Lipinski definition) is 2. The fourth-order valence-electron chi connectivity index (χ4n) is 1.12. The zero-order valence-electron chi connectivity index (χ0n) is 5.83. The highest BCUT2D eigenvalue weighted by Gasteiger charge is 2.19. The average Bonchev–Trinajstić information content (AvgIpc) is 2.55. The third-order valence-corrected chi connectivity index (χ3v) is 2.91. The molecule has 58 valence electrons. The van der Waals surface area contributed by atoms with Crippen LogP contribution in [0.3, 0.4) is 0 Å². The van der Waals surface area contributed by atoms with Crippen molar-refractivity contribution in [2.45, 2.75) is 6.04 Å². The molecule has 0 radical (unpaired) electrons. The molecule has 1 aliphatic rings. The van der Waals surface area contributed by atoms with Crippen molar-refractivity contribution in [3.8, 4) is 0 Å². The molecule has 0 saturated carbocycles. The van der Waals surface area contributed by atoms with Crippen molar-refractivity contribution in [2.24, 2.45) is 0 Å². The van der Waals surface area contributed by atoms with E-state index in [9.17, 15) is 0 Å². The second-order valence-corrected chi connectivity index (χ2v) is 3.81. The zero-order valence-corrected chi connectivity index (χ0v) is 7.47. The Balaban J connectivity index is 2.13. The zero-order chi connectivity index (χ0) is 7.68. The molecule has 0 amide bonds. The Bertz CT molecular complexity index is 255. The van der Waals surface area contributed by atoms with E-state index in [1.807, 2.05) is 0 Å². The molecule has 0 aliphatic carbocycles. The Hall–Kier alpha value is -0.610. The predicted molar refractivity (Wildman–Crippen MR) is 50.8 cm³/mol. The van der Waals surface area contributed by atoms with Gasteiger partial charge in [0.05, 0.1) is 6.04 Å². The summed E-state index contributed by atoms with van der Waals surface area (Å²) in [7, 11) is 0. The van der Waals surface area contributed by atoms with Crippen LogP contribution in [0.15, 0.2) is 17.5 Å². The summed E-state index contributed by atoms with van der Waals surface area (Å²) in [4.78, 5) is 1.34. The van der Waals surface area contributed by atoms with Crippen LogP contribution >= 0.6 is 23.6 Å². The molecule has 1 fully saturated rings. The van der Waals surface area contributed by atoms with Gasteiger partial charge in [-0.15, -0.1) is 11.3 Å². The maximum atomic E-state index is 4.95. The van der Waals surface area contributed by atoms with Crippen molar-refractivity contribution in [2.75, 3.05) is 6.54 Å². The maximum Gasteiger partial charge on any atom is 0.166 e. The van der Waals surface area contributed by atoms with Gasteiger partial charge >= 0.3 is 0 Å². The number of thiophene rings is 1. The van der Waals surface area contributed by atoms with E-state index in [-0.39, 0.29) is 0 Å². The third-order valence-electron chi connectivity index (χ3n) is 1.66. The Morgan fingerprint density at radius 1 is 1.64 bits per heavy atom. The van der Waals surface area contributed by atoms with Gasteiger partial charge in [0.25, 0.3) is 0 Å². The summed E-state index contributed by atoms with van der Waals surface area (Å²) in [6, 6.07) is 4.57. The van der Waals surface area contributed by atoms with Crippen LogP contribution in [0.5, 0.6) is 0 Å². The standard InChI is InChI=1S/C7H8N2S2/c10-7-8-4-5(9-7)6-2-1-3-11-6/h1-3,5H,4H2,(H2,8,9,10). The van der Waals surface area contributed by atoms with Crippen LogP contribution in [-0.2, 0) is 0 Å². The van der Waals surface area contributed by atoms with Gasteiger partial charge < -0.3 is 10.6 Å². The molecule has 1 atom stereocenters. The lowest BCUT2D eigenvalue weighted by atomic mass is 10.3. The van der Waals surface area contributed by atoms with E-state index in [1.54, 1.807) is 11.3 Å². The monoisotopic (exact) mass is 184 g/mol. The van der Waals surface area contributed by atoms with E-state index in [0.29, 0.717) is 6.04 Å². The molecule has 2 rings (SSSR count). The van der Waals surface area contributed by atoms with Crippen LogP contribution in [-0.4, -0.2) is 11.7 Å². The minimum absolute atomic E-state index is 0.391. The van der Waals surface area contributed by atoms with Gasteiger partial charge in [-0.25, -0.2) is 0 Å². The smallest absolute Gasteiger partial charge is 0.166 e. The van der Waals surface area contributed by atoms with Crippen LogP contribution in [0.25, 0.3) is 0 Å². The van der Waals surface area contributed by atoms with Gasteiger partial charge in [0, 0.05) is 11.4 Å².